The lowest BCUT2D eigenvalue weighted by Gasteiger charge is -2.01. The second kappa shape index (κ2) is 4.78. The van der Waals surface area contributed by atoms with Gasteiger partial charge in [-0.15, -0.1) is 5.10 Å². The van der Waals surface area contributed by atoms with Crippen LogP contribution in [-0.2, 0) is 6.54 Å². The Balaban J connectivity index is 2.44. The molecule has 0 aliphatic rings. The number of methoxy groups -OCH3 is 1. The number of hydrogen-bond acceptors (Lipinski definition) is 4. The molecule has 0 aliphatic heterocycles. The van der Waals surface area contributed by atoms with Gasteiger partial charge in [0.1, 0.15) is 17.1 Å². The SMILES string of the molecule is CCn1nnc(-c2ccc(OC)cc2)c1C=O. The van der Waals surface area contributed by atoms with Gasteiger partial charge in [0.15, 0.2) is 6.29 Å². The Labute approximate surface area is 99.0 Å². The number of benzene rings is 1. The van der Waals surface area contributed by atoms with Gasteiger partial charge in [0.2, 0.25) is 0 Å². The number of rotatable bonds is 4. The minimum absolute atomic E-state index is 0.498. The number of aldehydes is 1. The van der Waals surface area contributed by atoms with Crippen molar-refractivity contribution in [1.29, 1.82) is 0 Å². The summed E-state index contributed by atoms with van der Waals surface area (Å²) >= 11 is 0. The van der Waals surface area contributed by atoms with E-state index in [1.54, 1.807) is 11.8 Å². The van der Waals surface area contributed by atoms with Gasteiger partial charge < -0.3 is 4.74 Å². The van der Waals surface area contributed by atoms with Crippen LogP contribution in [0.2, 0.25) is 0 Å². The first-order valence-electron chi connectivity index (χ1n) is 5.33. The van der Waals surface area contributed by atoms with Gasteiger partial charge in [-0.1, -0.05) is 5.21 Å². The molecule has 1 aromatic heterocycles. The molecule has 0 saturated carbocycles. The molecule has 0 amide bonds. The van der Waals surface area contributed by atoms with Gasteiger partial charge in [-0.25, -0.2) is 4.68 Å². The van der Waals surface area contributed by atoms with Crippen molar-refractivity contribution in [1.82, 2.24) is 15.0 Å². The van der Waals surface area contributed by atoms with Crippen molar-refractivity contribution in [2.45, 2.75) is 13.5 Å². The Hall–Kier alpha value is -2.17. The van der Waals surface area contributed by atoms with E-state index in [4.69, 9.17) is 4.74 Å². The number of aryl methyl sites for hydroxylation is 1. The molecular formula is C12H13N3O2. The Morgan fingerprint density at radius 1 is 1.35 bits per heavy atom. The van der Waals surface area contributed by atoms with Crippen LogP contribution < -0.4 is 4.74 Å². The van der Waals surface area contributed by atoms with Gasteiger partial charge >= 0.3 is 0 Å². The highest BCUT2D eigenvalue weighted by Crippen LogP contribution is 2.22. The fourth-order valence-electron chi connectivity index (χ4n) is 1.63. The minimum Gasteiger partial charge on any atom is -0.497 e. The van der Waals surface area contributed by atoms with Crippen LogP contribution in [0.15, 0.2) is 24.3 Å². The van der Waals surface area contributed by atoms with E-state index >= 15 is 0 Å². The lowest BCUT2D eigenvalue weighted by atomic mass is 10.1. The summed E-state index contributed by atoms with van der Waals surface area (Å²) in [5, 5.41) is 7.95. The normalized spacial score (nSPS) is 10.2. The molecule has 1 heterocycles. The molecule has 0 saturated heterocycles. The summed E-state index contributed by atoms with van der Waals surface area (Å²) in [5.41, 5.74) is 1.95. The summed E-state index contributed by atoms with van der Waals surface area (Å²) < 4.78 is 6.65. The van der Waals surface area contributed by atoms with Crippen molar-refractivity contribution >= 4 is 6.29 Å². The molecule has 88 valence electrons. The summed E-state index contributed by atoms with van der Waals surface area (Å²) in [6.07, 6.45) is 0.781. The first-order chi connectivity index (χ1) is 8.30. The Morgan fingerprint density at radius 2 is 2.06 bits per heavy atom. The van der Waals surface area contributed by atoms with Crippen LogP contribution in [0.4, 0.5) is 0 Å². The van der Waals surface area contributed by atoms with Crippen molar-refractivity contribution in [2.75, 3.05) is 7.11 Å². The van der Waals surface area contributed by atoms with E-state index < -0.39 is 0 Å². The Kier molecular flexibility index (Phi) is 3.18. The molecule has 0 fully saturated rings. The van der Waals surface area contributed by atoms with E-state index in [-0.39, 0.29) is 0 Å². The predicted molar refractivity (Wildman–Crippen MR) is 63.1 cm³/mol. The highest BCUT2D eigenvalue weighted by atomic mass is 16.5. The molecule has 2 aromatic rings. The lowest BCUT2D eigenvalue weighted by Crippen LogP contribution is -2.01. The molecule has 0 spiro atoms. The molecule has 0 aliphatic carbocycles. The summed E-state index contributed by atoms with van der Waals surface area (Å²) in [7, 11) is 1.61. The summed E-state index contributed by atoms with van der Waals surface area (Å²) in [6, 6.07) is 7.37. The Morgan fingerprint density at radius 3 is 2.59 bits per heavy atom. The molecular weight excluding hydrogens is 218 g/mol. The van der Waals surface area contributed by atoms with Crippen molar-refractivity contribution in [3.05, 3.63) is 30.0 Å². The maximum atomic E-state index is 11.0. The summed E-state index contributed by atoms with van der Waals surface area (Å²) in [5.74, 6) is 0.768. The smallest absolute Gasteiger partial charge is 0.170 e. The third-order valence-electron chi connectivity index (χ3n) is 2.55. The maximum Gasteiger partial charge on any atom is 0.170 e. The third-order valence-corrected chi connectivity index (χ3v) is 2.55. The molecule has 0 radical (unpaired) electrons. The average Bonchev–Trinajstić information content (AvgIpc) is 2.81. The first-order valence-corrected chi connectivity index (χ1v) is 5.33. The van der Waals surface area contributed by atoms with E-state index in [0.717, 1.165) is 17.6 Å². The molecule has 0 N–H and O–H groups in total. The van der Waals surface area contributed by atoms with Crippen molar-refractivity contribution in [3.63, 3.8) is 0 Å². The molecule has 2 rings (SSSR count). The van der Waals surface area contributed by atoms with Crippen LogP contribution in [0.1, 0.15) is 17.4 Å². The number of ether oxygens (including phenoxy) is 1. The average molecular weight is 231 g/mol. The van der Waals surface area contributed by atoms with Gasteiger partial charge in [0.05, 0.1) is 7.11 Å². The molecule has 1 aromatic carbocycles. The zero-order valence-corrected chi connectivity index (χ0v) is 9.75. The maximum absolute atomic E-state index is 11.0. The number of hydrogen-bond donors (Lipinski definition) is 0. The minimum atomic E-state index is 0.498. The standard InChI is InChI=1S/C12H13N3O2/c1-3-15-11(8-16)12(13-14-15)9-4-6-10(17-2)7-5-9/h4-8H,3H2,1-2H3. The van der Waals surface area contributed by atoms with Gasteiger partial charge in [0.25, 0.3) is 0 Å². The van der Waals surface area contributed by atoms with Crippen molar-refractivity contribution in [3.8, 4) is 17.0 Å². The summed E-state index contributed by atoms with van der Waals surface area (Å²) in [6.45, 7) is 2.54. The van der Waals surface area contributed by atoms with Gasteiger partial charge in [-0.2, -0.15) is 0 Å². The van der Waals surface area contributed by atoms with Crippen molar-refractivity contribution < 1.29 is 9.53 Å². The lowest BCUT2D eigenvalue weighted by molar-refractivity contribution is 0.111. The fourth-order valence-corrected chi connectivity index (χ4v) is 1.63. The van der Waals surface area contributed by atoms with Crippen LogP contribution >= 0.6 is 0 Å². The van der Waals surface area contributed by atoms with E-state index in [9.17, 15) is 4.79 Å². The molecule has 0 unspecified atom stereocenters. The van der Waals surface area contributed by atoms with E-state index in [1.165, 1.54) is 0 Å². The highest BCUT2D eigenvalue weighted by Gasteiger charge is 2.12. The van der Waals surface area contributed by atoms with Crippen LogP contribution in [0.3, 0.4) is 0 Å². The zero-order chi connectivity index (χ0) is 12.3. The molecule has 17 heavy (non-hydrogen) atoms. The van der Waals surface area contributed by atoms with E-state index in [2.05, 4.69) is 10.3 Å². The monoisotopic (exact) mass is 231 g/mol. The van der Waals surface area contributed by atoms with Crippen LogP contribution in [0.25, 0.3) is 11.3 Å². The topological polar surface area (TPSA) is 57.0 Å². The second-order valence-electron chi connectivity index (χ2n) is 3.49. The zero-order valence-electron chi connectivity index (χ0n) is 9.75. The predicted octanol–water partition coefficient (Wildman–Crippen LogP) is 1.79. The molecule has 5 nitrogen and oxygen atoms in total. The van der Waals surface area contributed by atoms with Crippen LogP contribution in [0, 0.1) is 0 Å². The second-order valence-corrected chi connectivity index (χ2v) is 3.49. The number of nitrogens with zero attached hydrogens (tertiary/aromatic N) is 3. The van der Waals surface area contributed by atoms with Crippen molar-refractivity contribution in [2.24, 2.45) is 0 Å². The summed E-state index contributed by atoms with van der Waals surface area (Å²) in [4.78, 5) is 11.0. The molecule has 0 atom stereocenters. The Bertz CT molecular complexity index is 517. The molecule has 5 heteroatoms. The van der Waals surface area contributed by atoms with Gasteiger partial charge in [-0.3, -0.25) is 4.79 Å². The number of carbonyl (C=O) groups excluding carboxylic acids is 1. The van der Waals surface area contributed by atoms with Gasteiger partial charge in [0, 0.05) is 12.1 Å². The number of carbonyl (C=O) groups is 1. The highest BCUT2D eigenvalue weighted by molar-refractivity contribution is 5.83. The number of aromatic nitrogens is 3. The van der Waals surface area contributed by atoms with Gasteiger partial charge in [-0.05, 0) is 31.2 Å². The van der Waals surface area contributed by atoms with E-state index in [1.807, 2.05) is 31.2 Å². The van der Waals surface area contributed by atoms with Crippen LogP contribution in [0.5, 0.6) is 5.75 Å². The quantitative estimate of drug-likeness (QED) is 0.753. The first kappa shape index (κ1) is 11.3. The molecule has 0 bridgehead atoms. The fraction of sp³-hybridized carbons (Fsp3) is 0.250. The van der Waals surface area contributed by atoms with Crippen LogP contribution in [-0.4, -0.2) is 28.4 Å². The third kappa shape index (κ3) is 2.04. The van der Waals surface area contributed by atoms with E-state index in [0.29, 0.717) is 17.9 Å². The largest absolute Gasteiger partial charge is 0.497 e.